The molecule has 0 unspecified atom stereocenters. The number of likely N-dealkylation sites (tertiary alicyclic amines) is 1. The lowest BCUT2D eigenvalue weighted by Gasteiger charge is -2.30. The fraction of sp³-hybridized carbons (Fsp3) is 0.300. The standard InChI is InChI=1S/C20H20N2O3/c23-20(22-10-8-16(9-11-22)19-12-21-14-25-19)13-24-18-7-3-5-15-4-1-2-6-17(15)18/h1-7,12,14,16H,8-11,13H2. The summed E-state index contributed by atoms with van der Waals surface area (Å²) in [6.45, 7) is 1.52. The van der Waals surface area contributed by atoms with Gasteiger partial charge >= 0.3 is 0 Å². The second-order valence-corrected chi connectivity index (χ2v) is 6.32. The first-order valence-electron chi connectivity index (χ1n) is 8.58. The molecule has 0 spiro atoms. The summed E-state index contributed by atoms with van der Waals surface area (Å²) >= 11 is 0. The van der Waals surface area contributed by atoms with Gasteiger partial charge in [0.25, 0.3) is 5.91 Å². The minimum Gasteiger partial charge on any atom is -0.483 e. The Hall–Kier alpha value is -2.82. The Balaban J connectivity index is 1.35. The third-order valence-electron chi connectivity index (χ3n) is 4.80. The molecule has 0 bridgehead atoms. The monoisotopic (exact) mass is 336 g/mol. The normalized spacial score (nSPS) is 15.4. The van der Waals surface area contributed by atoms with Gasteiger partial charge in [-0.2, -0.15) is 0 Å². The van der Waals surface area contributed by atoms with Gasteiger partial charge in [-0.25, -0.2) is 4.98 Å². The molecule has 1 amide bonds. The molecule has 1 saturated heterocycles. The molecule has 0 saturated carbocycles. The van der Waals surface area contributed by atoms with Crippen LogP contribution in [0.5, 0.6) is 5.75 Å². The highest BCUT2D eigenvalue weighted by molar-refractivity contribution is 5.88. The minimum atomic E-state index is 0.0314. The first-order chi connectivity index (χ1) is 12.3. The highest BCUT2D eigenvalue weighted by atomic mass is 16.5. The van der Waals surface area contributed by atoms with E-state index in [0.717, 1.165) is 48.2 Å². The molecular weight excluding hydrogens is 316 g/mol. The van der Waals surface area contributed by atoms with E-state index in [0.29, 0.717) is 5.92 Å². The van der Waals surface area contributed by atoms with Gasteiger partial charge in [0.05, 0.1) is 6.20 Å². The summed E-state index contributed by atoms with van der Waals surface area (Å²) in [6, 6.07) is 13.9. The summed E-state index contributed by atoms with van der Waals surface area (Å²) in [5.74, 6) is 2.05. The Labute approximate surface area is 146 Å². The molecule has 2 heterocycles. The van der Waals surface area contributed by atoms with Crippen molar-refractivity contribution in [3.63, 3.8) is 0 Å². The van der Waals surface area contributed by atoms with Crippen molar-refractivity contribution in [2.45, 2.75) is 18.8 Å². The van der Waals surface area contributed by atoms with Gasteiger partial charge in [0.2, 0.25) is 0 Å². The quantitative estimate of drug-likeness (QED) is 0.730. The van der Waals surface area contributed by atoms with E-state index >= 15 is 0 Å². The van der Waals surface area contributed by atoms with Gasteiger partial charge in [0.1, 0.15) is 11.5 Å². The molecule has 4 rings (SSSR count). The van der Waals surface area contributed by atoms with Crippen molar-refractivity contribution in [1.82, 2.24) is 9.88 Å². The topological polar surface area (TPSA) is 55.6 Å². The first kappa shape index (κ1) is 15.7. The highest BCUT2D eigenvalue weighted by Crippen LogP contribution is 2.28. The summed E-state index contributed by atoms with van der Waals surface area (Å²) in [5, 5.41) is 2.14. The van der Waals surface area contributed by atoms with Gasteiger partial charge in [-0.15, -0.1) is 0 Å². The van der Waals surface area contributed by atoms with Crippen LogP contribution in [0.15, 0.2) is 59.5 Å². The number of amides is 1. The van der Waals surface area contributed by atoms with Crippen molar-refractivity contribution in [1.29, 1.82) is 0 Å². The SMILES string of the molecule is O=C(COc1cccc2ccccc12)N1CCC(c2cnco2)CC1. The number of ether oxygens (including phenoxy) is 1. The molecule has 25 heavy (non-hydrogen) atoms. The van der Waals surface area contributed by atoms with Crippen LogP contribution < -0.4 is 4.74 Å². The second-order valence-electron chi connectivity index (χ2n) is 6.32. The van der Waals surface area contributed by atoms with Crippen LogP contribution in [-0.4, -0.2) is 35.5 Å². The van der Waals surface area contributed by atoms with Crippen LogP contribution in [0, 0.1) is 0 Å². The molecule has 1 fully saturated rings. The molecular formula is C20H20N2O3. The second kappa shape index (κ2) is 6.97. The number of benzene rings is 2. The van der Waals surface area contributed by atoms with Crippen molar-refractivity contribution in [2.24, 2.45) is 0 Å². The third kappa shape index (κ3) is 3.36. The van der Waals surface area contributed by atoms with Crippen LogP contribution in [0.1, 0.15) is 24.5 Å². The molecule has 3 aromatic rings. The zero-order chi connectivity index (χ0) is 17.1. The number of piperidine rings is 1. The first-order valence-corrected chi connectivity index (χ1v) is 8.58. The lowest BCUT2D eigenvalue weighted by molar-refractivity contribution is -0.134. The van der Waals surface area contributed by atoms with Gasteiger partial charge in [0.15, 0.2) is 13.0 Å². The minimum absolute atomic E-state index is 0.0314. The fourth-order valence-corrected chi connectivity index (χ4v) is 3.39. The van der Waals surface area contributed by atoms with Gasteiger partial charge < -0.3 is 14.1 Å². The van der Waals surface area contributed by atoms with Crippen LogP contribution >= 0.6 is 0 Å². The predicted molar refractivity (Wildman–Crippen MR) is 94.5 cm³/mol. The number of aromatic nitrogens is 1. The fourth-order valence-electron chi connectivity index (χ4n) is 3.39. The van der Waals surface area contributed by atoms with E-state index < -0.39 is 0 Å². The maximum absolute atomic E-state index is 12.5. The maximum atomic E-state index is 12.5. The molecule has 1 aliphatic rings. The molecule has 2 aromatic carbocycles. The summed E-state index contributed by atoms with van der Waals surface area (Å²) in [7, 11) is 0. The molecule has 0 aliphatic carbocycles. The number of nitrogens with zero attached hydrogens (tertiary/aromatic N) is 2. The number of oxazole rings is 1. The van der Waals surface area contributed by atoms with E-state index in [-0.39, 0.29) is 12.5 Å². The average molecular weight is 336 g/mol. The zero-order valence-corrected chi connectivity index (χ0v) is 13.9. The molecule has 128 valence electrons. The lowest BCUT2D eigenvalue weighted by Crippen LogP contribution is -2.40. The van der Waals surface area contributed by atoms with Crippen molar-refractivity contribution in [3.8, 4) is 5.75 Å². The Kier molecular flexibility index (Phi) is 4.37. The molecule has 1 aliphatic heterocycles. The van der Waals surface area contributed by atoms with E-state index in [4.69, 9.17) is 9.15 Å². The third-order valence-corrected chi connectivity index (χ3v) is 4.80. The molecule has 0 N–H and O–H groups in total. The molecule has 5 nitrogen and oxygen atoms in total. The Morgan fingerprint density at radius 2 is 1.96 bits per heavy atom. The maximum Gasteiger partial charge on any atom is 0.260 e. The summed E-state index contributed by atoms with van der Waals surface area (Å²) in [6.07, 6.45) is 5.03. The average Bonchev–Trinajstić information content (AvgIpc) is 3.21. The van der Waals surface area contributed by atoms with Crippen LogP contribution in [0.25, 0.3) is 10.8 Å². The molecule has 0 radical (unpaired) electrons. The van der Waals surface area contributed by atoms with Gasteiger partial charge in [-0.05, 0) is 24.3 Å². The number of rotatable bonds is 4. The summed E-state index contributed by atoms with van der Waals surface area (Å²) < 4.78 is 11.2. The van der Waals surface area contributed by atoms with E-state index in [1.165, 1.54) is 6.39 Å². The smallest absolute Gasteiger partial charge is 0.260 e. The van der Waals surface area contributed by atoms with E-state index in [1.807, 2.05) is 47.4 Å². The van der Waals surface area contributed by atoms with Crippen LogP contribution in [0.3, 0.4) is 0 Å². The Morgan fingerprint density at radius 3 is 2.76 bits per heavy atom. The van der Waals surface area contributed by atoms with Crippen LogP contribution in [0.4, 0.5) is 0 Å². The highest BCUT2D eigenvalue weighted by Gasteiger charge is 2.25. The Morgan fingerprint density at radius 1 is 1.16 bits per heavy atom. The summed E-state index contributed by atoms with van der Waals surface area (Å²) in [4.78, 5) is 18.3. The zero-order valence-electron chi connectivity index (χ0n) is 13.9. The van der Waals surface area contributed by atoms with Crippen LogP contribution in [0.2, 0.25) is 0 Å². The van der Waals surface area contributed by atoms with Crippen molar-refractivity contribution in [2.75, 3.05) is 19.7 Å². The van der Waals surface area contributed by atoms with E-state index in [2.05, 4.69) is 4.98 Å². The number of carbonyl (C=O) groups excluding carboxylic acids is 1. The van der Waals surface area contributed by atoms with Gasteiger partial charge in [-0.1, -0.05) is 36.4 Å². The largest absolute Gasteiger partial charge is 0.483 e. The number of fused-ring (bicyclic) bond motifs is 1. The van der Waals surface area contributed by atoms with Gasteiger partial charge in [0, 0.05) is 24.4 Å². The molecule has 5 heteroatoms. The lowest BCUT2D eigenvalue weighted by atomic mass is 9.95. The van der Waals surface area contributed by atoms with Gasteiger partial charge in [-0.3, -0.25) is 4.79 Å². The van der Waals surface area contributed by atoms with Crippen molar-refractivity contribution < 1.29 is 13.9 Å². The predicted octanol–water partition coefficient (Wildman–Crippen LogP) is 3.61. The number of hydrogen-bond acceptors (Lipinski definition) is 4. The van der Waals surface area contributed by atoms with Crippen molar-refractivity contribution >= 4 is 16.7 Å². The van der Waals surface area contributed by atoms with E-state index in [9.17, 15) is 4.79 Å². The Bertz CT molecular complexity index is 847. The van der Waals surface area contributed by atoms with Crippen LogP contribution in [-0.2, 0) is 4.79 Å². The van der Waals surface area contributed by atoms with Crippen molar-refractivity contribution in [3.05, 3.63) is 60.8 Å². The number of carbonyl (C=O) groups is 1. The van der Waals surface area contributed by atoms with E-state index in [1.54, 1.807) is 6.20 Å². The number of hydrogen-bond donors (Lipinski definition) is 0. The molecule has 1 aromatic heterocycles. The summed E-state index contributed by atoms with van der Waals surface area (Å²) in [5.41, 5.74) is 0. The molecule has 0 atom stereocenters.